The third-order valence-electron chi connectivity index (χ3n) is 5.40. The van der Waals surface area contributed by atoms with Crippen LogP contribution in [0, 0.1) is 5.41 Å². The number of ether oxygens (including phenoxy) is 2. The fourth-order valence-corrected chi connectivity index (χ4v) is 3.97. The van der Waals surface area contributed by atoms with Crippen molar-refractivity contribution >= 4 is 40.7 Å². The van der Waals surface area contributed by atoms with E-state index in [0.717, 1.165) is 0 Å². The molecule has 3 aliphatic rings. The lowest BCUT2D eigenvalue weighted by Crippen LogP contribution is -2.51. The molecular weight excluding hydrogens is 379 g/mol. The van der Waals surface area contributed by atoms with E-state index >= 15 is 0 Å². The molecule has 1 saturated carbocycles. The highest BCUT2D eigenvalue weighted by Gasteiger charge is 2.58. The van der Waals surface area contributed by atoms with Crippen LogP contribution in [0.3, 0.4) is 0 Å². The summed E-state index contributed by atoms with van der Waals surface area (Å²) in [6.45, 7) is 2.26. The van der Waals surface area contributed by atoms with Gasteiger partial charge in [0.2, 0.25) is 11.8 Å². The fraction of sp³-hybridized carbons (Fsp3) is 0.556. The number of anilines is 1. The number of hydrogen-bond acceptors (Lipinski definition) is 4. The molecule has 0 atom stereocenters. The number of benzene rings is 1. The van der Waals surface area contributed by atoms with Gasteiger partial charge in [0.15, 0.2) is 5.79 Å². The highest BCUT2D eigenvalue weighted by atomic mass is 35.5. The van der Waals surface area contributed by atoms with Gasteiger partial charge in [0, 0.05) is 31.0 Å². The molecule has 1 aromatic rings. The van der Waals surface area contributed by atoms with Crippen LogP contribution in [-0.2, 0) is 19.1 Å². The van der Waals surface area contributed by atoms with Crippen molar-refractivity contribution in [2.45, 2.75) is 31.5 Å². The molecule has 2 amide bonds. The van der Waals surface area contributed by atoms with E-state index in [9.17, 15) is 9.59 Å². The average Bonchev–Trinajstić information content (AvgIpc) is 3.34. The van der Waals surface area contributed by atoms with Crippen LogP contribution in [0.15, 0.2) is 18.2 Å². The third-order valence-corrected chi connectivity index (χ3v) is 5.96. The number of carbonyl (C=O) groups is 2. The van der Waals surface area contributed by atoms with Gasteiger partial charge in [-0.1, -0.05) is 23.2 Å². The normalized spacial score (nSPS) is 23.1. The molecule has 8 heteroatoms. The molecule has 0 aromatic heterocycles. The molecule has 1 aromatic carbocycles. The molecule has 3 fully saturated rings. The van der Waals surface area contributed by atoms with Gasteiger partial charge in [-0.15, -0.1) is 0 Å². The van der Waals surface area contributed by atoms with Crippen LogP contribution >= 0.6 is 23.2 Å². The molecular formula is C18H20Cl2N2O4. The maximum atomic E-state index is 13.0. The van der Waals surface area contributed by atoms with E-state index in [1.165, 1.54) is 0 Å². The van der Waals surface area contributed by atoms with Crippen molar-refractivity contribution in [2.75, 3.05) is 31.6 Å². The number of hydrogen-bond donors (Lipinski definition) is 1. The van der Waals surface area contributed by atoms with Crippen LogP contribution in [-0.4, -0.2) is 48.8 Å². The molecule has 140 valence electrons. The van der Waals surface area contributed by atoms with E-state index in [-0.39, 0.29) is 11.8 Å². The van der Waals surface area contributed by atoms with Crippen LogP contribution in [0.5, 0.6) is 0 Å². The van der Waals surface area contributed by atoms with Gasteiger partial charge in [0.05, 0.1) is 23.9 Å². The number of amides is 2. The summed E-state index contributed by atoms with van der Waals surface area (Å²) in [5.41, 5.74) is -0.568. The van der Waals surface area contributed by atoms with Gasteiger partial charge in [-0.2, -0.15) is 0 Å². The number of piperidine rings is 1. The molecule has 0 unspecified atom stereocenters. The lowest BCUT2D eigenvalue weighted by atomic mass is 9.98. The van der Waals surface area contributed by atoms with Crippen LogP contribution in [0.2, 0.25) is 10.0 Å². The molecule has 2 aliphatic heterocycles. The third kappa shape index (κ3) is 3.20. The lowest BCUT2D eigenvalue weighted by Gasteiger charge is -2.38. The minimum absolute atomic E-state index is 0.124. The number of nitrogens with zero attached hydrogens (tertiary/aromatic N) is 1. The second kappa shape index (κ2) is 6.68. The molecule has 1 N–H and O–H groups in total. The summed E-state index contributed by atoms with van der Waals surface area (Å²) in [7, 11) is 0. The summed E-state index contributed by atoms with van der Waals surface area (Å²) >= 11 is 12.1. The first kappa shape index (κ1) is 18.0. The summed E-state index contributed by atoms with van der Waals surface area (Å²) < 4.78 is 11.4. The second-order valence-corrected chi connectivity index (χ2v) is 7.90. The zero-order chi connectivity index (χ0) is 18.4. The highest BCUT2D eigenvalue weighted by Crippen LogP contribution is 2.49. The predicted octanol–water partition coefficient (Wildman–Crippen LogP) is 3.08. The zero-order valence-electron chi connectivity index (χ0n) is 14.2. The smallest absolute Gasteiger partial charge is 0.240 e. The van der Waals surface area contributed by atoms with Gasteiger partial charge in [0.25, 0.3) is 0 Å². The molecule has 2 saturated heterocycles. The number of halogens is 2. The SMILES string of the molecule is O=C(Nc1cc(Cl)ccc1Cl)C1(C(=O)N2CCC3(CC2)OCCO3)CC1. The minimum atomic E-state index is -0.993. The maximum absolute atomic E-state index is 13.0. The summed E-state index contributed by atoms with van der Waals surface area (Å²) in [6, 6.07) is 4.85. The Kier molecular flexibility index (Phi) is 4.63. The Morgan fingerprint density at radius 1 is 1.04 bits per heavy atom. The minimum Gasteiger partial charge on any atom is -0.347 e. The maximum Gasteiger partial charge on any atom is 0.240 e. The largest absolute Gasteiger partial charge is 0.347 e. The first-order valence-electron chi connectivity index (χ1n) is 8.78. The Bertz CT molecular complexity index is 735. The van der Waals surface area contributed by atoms with Gasteiger partial charge in [0.1, 0.15) is 5.41 Å². The Morgan fingerprint density at radius 2 is 1.69 bits per heavy atom. The van der Waals surface area contributed by atoms with E-state index in [0.29, 0.717) is 67.7 Å². The molecule has 4 rings (SSSR count). The zero-order valence-corrected chi connectivity index (χ0v) is 15.7. The van der Waals surface area contributed by atoms with E-state index in [1.807, 2.05) is 0 Å². The lowest BCUT2D eigenvalue weighted by molar-refractivity contribution is -0.188. The van der Waals surface area contributed by atoms with Gasteiger partial charge in [-0.3, -0.25) is 9.59 Å². The summed E-state index contributed by atoms with van der Waals surface area (Å²) in [6.07, 6.45) is 2.36. The topological polar surface area (TPSA) is 67.9 Å². The summed E-state index contributed by atoms with van der Waals surface area (Å²) in [5, 5.41) is 3.63. The van der Waals surface area contributed by atoms with Gasteiger partial charge < -0.3 is 19.7 Å². The van der Waals surface area contributed by atoms with Crippen molar-refractivity contribution < 1.29 is 19.1 Å². The molecule has 2 heterocycles. The average molecular weight is 399 g/mol. The number of rotatable bonds is 3. The monoisotopic (exact) mass is 398 g/mol. The van der Waals surface area contributed by atoms with Gasteiger partial charge in [-0.05, 0) is 31.0 Å². The predicted molar refractivity (Wildman–Crippen MR) is 97.2 cm³/mol. The number of likely N-dealkylation sites (tertiary alicyclic amines) is 1. The van der Waals surface area contributed by atoms with E-state index in [4.69, 9.17) is 32.7 Å². The van der Waals surface area contributed by atoms with Crippen molar-refractivity contribution in [1.29, 1.82) is 0 Å². The van der Waals surface area contributed by atoms with Crippen LogP contribution in [0.4, 0.5) is 5.69 Å². The van der Waals surface area contributed by atoms with E-state index in [2.05, 4.69) is 5.32 Å². The van der Waals surface area contributed by atoms with Crippen LogP contribution < -0.4 is 5.32 Å². The van der Waals surface area contributed by atoms with Crippen molar-refractivity contribution in [3.05, 3.63) is 28.2 Å². The van der Waals surface area contributed by atoms with Gasteiger partial charge >= 0.3 is 0 Å². The molecule has 0 bridgehead atoms. The standard InChI is InChI=1S/C18H20Cl2N2O4/c19-12-1-2-13(20)14(11-12)21-15(23)17(3-4-17)16(24)22-7-5-18(6-8-22)25-9-10-26-18/h1-2,11H,3-10H2,(H,21,23). The van der Waals surface area contributed by atoms with Crippen molar-refractivity contribution in [3.63, 3.8) is 0 Å². The Labute approximate surface area is 161 Å². The van der Waals surface area contributed by atoms with E-state index in [1.54, 1.807) is 23.1 Å². The molecule has 1 spiro atoms. The molecule has 1 aliphatic carbocycles. The summed E-state index contributed by atoms with van der Waals surface area (Å²) in [5.74, 6) is -0.981. The number of nitrogens with one attached hydrogen (secondary N) is 1. The second-order valence-electron chi connectivity index (χ2n) is 7.06. The van der Waals surface area contributed by atoms with E-state index < -0.39 is 11.2 Å². The van der Waals surface area contributed by atoms with Crippen molar-refractivity contribution in [1.82, 2.24) is 4.90 Å². The first-order chi connectivity index (χ1) is 12.4. The molecule has 6 nitrogen and oxygen atoms in total. The fourth-order valence-electron chi connectivity index (χ4n) is 3.64. The van der Waals surface area contributed by atoms with Crippen LogP contribution in [0.25, 0.3) is 0 Å². The quantitative estimate of drug-likeness (QED) is 0.794. The Balaban J connectivity index is 1.42. The molecule has 0 radical (unpaired) electrons. The van der Waals surface area contributed by atoms with Crippen molar-refractivity contribution in [3.8, 4) is 0 Å². The van der Waals surface area contributed by atoms with Crippen molar-refractivity contribution in [2.24, 2.45) is 5.41 Å². The van der Waals surface area contributed by atoms with Gasteiger partial charge in [-0.25, -0.2) is 0 Å². The van der Waals surface area contributed by atoms with Crippen LogP contribution in [0.1, 0.15) is 25.7 Å². The Hall–Kier alpha value is -1.34. The number of carbonyl (C=O) groups excluding carboxylic acids is 2. The summed E-state index contributed by atoms with van der Waals surface area (Å²) in [4.78, 5) is 27.5. The highest BCUT2D eigenvalue weighted by molar-refractivity contribution is 6.36. The molecule has 26 heavy (non-hydrogen) atoms. The first-order valence-corrected chi connectivity index (χ1v) is 9.54. The Morgan fingerprint density at radius 3 is 2.31 bits per heavy atom.